The van der Waals surface area contributed by atoms with Crippen molar-refractivity contribution in [1.29, 1.82) is 0 Å². The summed E-state index contributed by atoms with van der Waals surface area (Å²) in [6.07, 6.45) is 10.7. The summed E-state index contributed by atoms with van der Waals surface area (Å²) in [5.41, 5.74) is 0. The number of unbranched alkanes of at least 4 members (excludes halogenated alkanes) is 2. The minimum atomic E-state index is 0.876. The van der Waals surface area contributed by atoms with Gasteiger partial charge >= 0.3 is 0 Å². The van der Waals surface area contributed by atoms with E-state index in [1.165, 1.54) is 38.5 Å². The molecule has 0 aromatic heterocycles. The Hall–Kier alpha value is 0.350. The lowest BCUT2D eigenvalue weighted by Crippen LogP contribution is -2.04. The molecular weight excluding hydrogens is 176 g/mol. The second-order valence-electron chi connectivity index (χ2n) is 4.32. The molecule has 80 valence electrons. The Morgan fingerprint density at radius 2 is 1.69 bits per heavy atom. The highest BCUT2D eigenvalue weighted by atomic mass is 32.2. The van der Waals surface area contributed by atoms with Crippen molar-refractivity contribution in [2.75, 3.05) is 6.26 Å². The van der Waals surface area contributed by atoms with Gasteiger partial charge in [-0.2, -0.15) is 11.8 Å². The molecule has 0 heterocycles. The molecule has 0 fully saturated rings. The van der Waals surface area contributed by atoms with Gasteiger partial charge in [-0.25, -0.2) is 0 Å². The maximum absolute atomic E-state index is 2.32. The number of rotatable bonds is 8. The molecule has 0 spiro atoms. The fraction of sp³-hybridized carbons (Fsp3) is 1.00. The van der Waals surface area contributed by atoms with E-state index in [0.717, 1.165) is 11.2 Å². The van der Waals surface area contributed by atoms with Crippen LogP contribution in [0.3, 0.4) is 0 Å². The molecule has 1 unspecified atom stereocenters. The van der Waals surface area contributed by atoms with Crippen LogP contribution in [0.25, 0.3) is 0 Å². The van der Waals surface area contributed by atoms with Gasteiger partial charge < -0.3 is 0 Å². The maximum Gasteiger partial charge on any atom is 0.00443 e. The Morgan fingerprint density at radius 3 is 2.15 bits per heavy atom. The molecule has 13 heavy (non-hydrogen) atoms. The van der Waals surface area contributed by atoms with E-state index >= 15 is 0 Å². The highest BCUT2D eigenvalue weighted by Crippen LogP contribution is 2.22. The van der Waals surface area contributed by atoms with Gasteiger partial charge in [0, 0.05) is 5.25 Å². The van der Waals surface area contributed by atoms with Crippen LogP contribution in [0.5, 0.6) is 0 Å². The van der Waals surface area contributed by atoms with E-state index < -0.39 is 0 Å². The zero-order valence-electron chi connectivity index (χ0n) is 9.81. The SMILES string of the molecule is CCCCCC(CCC(C)C)SC. The molecule has 0 aromatic rings. The normalized spacial score (nSPS) is 13.6. The molecule has 0 saturated heterocycles. The average Bonchev–Trinajstić information content (AvgIpc) is 2.10. The quantitative estimate of drug-likeness (QED) is 0.513. The van der Waals surface area contributed by atoms with E-state index in [-0.39, 0.29) is 0 Å². The van der Waals surface area contributed by atoms with Crippen LogP contribution in [0.2, 0.25) is 0 Å². The van der Waals surface area contributed by atoms with Crippen molar-refractivity contribution in [3.8, 4) is 0 Å². The first-order chi connectivity index (χ1) is 6.20. The molecule has 0 aliphatic carbocycles. The monoisotopic (exact) mass is 202 g/mol. The molecule has 0 rings (SSSR count). The highest BCUT2D eigenvalue weighted by molar-refractivity contribution is 7.99. The Labute approximate surface area is 88.9 Å². The lowest BCUT2D eigenvalue weighted by Gasteiger charge is -2.15. The van der Waals surface area contributed by atoms with Crippen LogP contribution in [0.4, 0.5) is 0 Å². The first-order valence-electron chi connectivity index (χ1n) is 5.73. The van der Waals surface area contributed by atoms with Gasteiger partial charge in [-0.3, -0.25) is 0 Å². The summed E-state index contributed by atoms with van der Waals surface area (Å²) in [6, 6.07) is 0. The summed E-state index contributed by atoms with van der Waals surface area (Å²) < 4.78 is 0. The predicted octanol–water partition coefficient (Wildman–Crippen LogP) is 4.73. The van der Waals surface area contributed by atoms with Crippen molar-refractivity contribution in [2.24, 2.45) is 5.92 Å². The second-order valence-corrected chi connectivity index (χ2v) is 5.46. The van der Waals surface area contributed by atoms with Crippen LogP contribution in [0.15, 0.2) is 0 Å². The summed E-state index contributed by atoms with van der Waals surface area (Å²) in [5, 5.41) is 0.925. The van der Waals surface area contributed by atoms with E-state index in [1.807, 2.05) is 0 Å². The molecule has 0 N–H and O–H groups in total. The van der Waals surface area contributed by atoms with Gasteiger partial charge in [-0.05, 0) is 31.4 Å². The van der Waals surface area contributed by atoms with Gasteiger partial charge in [0.25, 0.3) is 0 Å². The van der Waals surface area contributed by atoms with Crippen molar-refractivity contribution in [3.63, 3.8) is 0 Å². The zero-order chi connectivity index (χ0) is 10.1. The third-order valence-electron chi connectivity index (χ3n) is 2.53. The summed E-state index contributed by atoms with van der Waals surface area (Å²) in [6.45, 7) is 6.93. The van der Waals surface area contributed by atoms with Crippen LogP contribution >= 0.6 is 11.8 Å². The number of hydrogen-bond donors (Lipinski definition) is 0. The van der Waals surface area contributed by atoms with Crippen LogP contribution < -0.4 is 0 Å². The van der Waals surface area contributed by atoms with Crippen molar-refractivity contribution in [2.45, 2.75) is 64.5 Å². The standard InChI is InChI=1S/C12H26S/c1-5-6-7-8-12(13-4)10-9-11(2)3/h11-12H,5-10H2,1-4H3. The first kappa shape index (κ1) is 13.4. The molecular formula is C12H26S. The molecule has 0 aliphatic rings. The Morgan fingerprint density at radius 1 is 1.00 bits per heavy atom. The van der Waals surface area contributed by atoms with Gasteiger partial charge in [-0.15, -0.1) is 0 Å². The minimum Gasteiger partial charge on any atom is -0.162 e. The van der Waals surface area contributed by atoms with Crippen molar-refractivity contribution in [1.82, 2.24) is 0 Å². The fourth-order valence-corrected chi connectivity index (χ4v) is 2.30. The Bertz CT molecular complexity index is 99.3. The average molecular weight is 202 g/mol. The van der Waals surface area contributed by atoms with Gasteiger partial charge in [0.15, 0.2) is 0 Å². The van der Waals surface area contributed by atoms with E-state index in [2.05, 4.69) is 38.8 Å². The maximum atomic E-state index is 2.32. The second kappa shape index (κ2) is 8.93. The highest BCUT2D eigenvalue weighted by Gasteiger charge is 2.07. The van der Waals surface area contributed by atoms with Gasteiger partial charge in [0.1, 0.15) is 0 Å². The van der Waals surface area contributed by atoms with E-state index in [4.69, 9.17) is 0 Å². The molecule has 0 saturated carbocycles. The van der Waals surface area contributed by atoms with Crippen LogP contribution in [-0.2, 0) is 0 Å². The predicted molar refractivity (Wildman–Crippen MR) is 65.5 cm³/mol. The van der Waals surface area contributed by atoms with Crippen LogP contribution in [-0.4, -0.2) is 11.5 Å². The Kier molecular flexibility index (Phi) is 9.17. The van der Waals surface area contributed by atoms with Crippen LogP contribution in [0, 0.1) is 5.92 Å². The Balaban J connectivity index is 3.39. The largest absolute Gasteiger partial charge is 0.162 e. The number of thioether (sulfide) groups is 1. The van der Waals surface area contributed by atoms with Crippen LogP contribution in [0.1, 0.15) is 59.3 Å². The molecule has 0 amide bonds. The summed E-state index contributed by atoms with van der Waals surface area (Å²) in [5.74, 6) is 0.876. The van der Waals surface area contributed by atoms with E-state index in [1.54, 1.807) is 0 Å². The molecule has 0 aromatic carbocycles. The van der Waals surface area contributed by atoms with Crippen molar-refractivity contribution < 1.29 is 0 Å². The molecule has 1 atom stereocenters. The lowest BCUT2D eigenvalue weighted by molar-refractivity contribution is 0.522. The molecule has 1 heteroatoms. The fourth-order valence-electron chi connectivity index (χ4n) is 1.52. The van der Waals surface area contributed by atoms with E-state index in [0.29, 0.717) is 0 Å². The lowest BCUT2D eigenvalue weighted by atomic mass is 10.0. The molecule has 0 radical (unpaired) electrons. The third kappa shape index (κ3) is 8.67. The molecule has 0 bridgehead atoms. The minimum absolute atomic E-state index is 0.876. The summed E-state index contributed by atoms with van der Waals surface area (Å²) in [7, 11) is 0. The van der Waals surface area contributed by atoms with Crippen molar-refractivity contribution >= 4 is 11.8 Å². The molecule has 0 aliphatic heterocycles. The zero-order valence-corrected chi connectivity index (χ0v) is 10.6. The first-order valence-corrected chi connectivity index (χ1v) is 7.02. The molecule has 0 nitrogen and oxygen atoms in total. The van der Waals surface area contributed by atoms with Gasteiger partial charge in [0.2, 0.25) is 0 Å². The number of hydrogen-bond acceptors (Lipinski definition) is 1. The van der Waals surface area contributed by atoms with Gasteiger partial charge in [-0.1, -0.05) is 40.0 Å². The smallest absolute Gasteiger partial charge is 0.00443 e. The van der Waals surface area contributed by atoms with Gasteiger partial charge in [0.05, 0.1) is 0 Å². The third-order valence-corrected chi connectivity index (χ3v) is 3.67. The topological polar surface area (TPSA) is 0 Å². The summed E-state index contributed by atoms with van der Waals surface area (Å²) in [4.78, 5) is 0. The van der Waals surface area contributed by atoms with Crippen molar-refractivity contribution in [3.05, 3.63) is 0 Å². The summed E-state index contributed by atoms with van der Waals surface area (Å²) >= 11 is 2.06. The van der Waals surface area contributed by atoms with E-state index in [9.17, 15) is 0 Å².